The molecular formula is C14H18O6. The molecule has 0 saturated carbocycles. The fourth-order valence-electron chi connectivity index (χ4n) is 2.09. The number of aryl methyl sites for hydroxylation is 2. The molecule has 0 amide bonds. The van der Waals surface area contributed by atoms with Gasteiger partial charge in [0.2, 0.25) is 0 Å². The van der Waals surface area contributed by atoms with Crippen molar-refractivity contribution < 1.29 is 29.6 Å². The van der Waals surface area contributed by atoms with E-state index in [9.17, 15) is 19.8 Å². The number of carboxylic acids is 1. The minimum absolute atomic E-state index is 0.170. The van der Waals surface area contributed by atoms with Gasteiger partial charge in [0.15, 0.2) is 0 Å². The van der Waals surface area contributed by atoms with Gasteiger partial charge in [0.05, 0.1) is 25.2 Å². The van der Waals surface area contributed by atoms with Crippen molar-refractivity contribution in [1.82, 2.24) is 0 Å². The van der Waals surface area contributed by atoms with Crippen LogP contribution in [0.4, 0.5) is 0 Å². The minimum Gasteiger partial charge on any atom is -0.478 e. The van der Waals surface area contributed by atoms with Gasteiger partial charge < -0.3 is 20.1 Å². The average molecular weight is 282 g/mol. The second-order valence-electron chi connectivity index (χ2n) is 4.63. The Hall–Kier alpha value is -1.92. The van der Waals surface area contributed by atoms with Gasteiger partial charge >= 0.3 is 11.9 Å². The molecule has 0 aliphatic heterocycles. The Morgan fingerprint density at radius 2 is 1.70 bits per heavy atom. The standard InChI is InChI=1S/C14H18O6/c1-7-4-9(5-8(2)12(7)14(18)19)13(17)10(15)6-11(16)20-3/h4-5,10,13,15,17H,6H2,1-3H3,(H,18,19). The van der Waals surface area contributed by atoms with Crippen molar-refractivity contribution in [3.8, 4) is 0 Å². The van der Waals surface area contributed by atoms with Crippen LogP contribution in [0.1, 0.15) is 39.6 Å². The van der Waals surface area contributed by atoms with Crippen LogP contribution in [0.15, 0.2) is 12.1 Å². The number of hydrogen-bond donors (Lipinski definition) is 3. The quantitative estimate of drug-likeness (QED) is 0.695. The Bertz CT molecular complexity index is 499. The number of esters is 1. The molecular weight excluding hydrogens is 264 g/mol. The van der Waals surface area contributed by atoms with Crippen LogP contribution < -0.4 is 0 Å². The van der Waals surface area contributed by atoms with Crippen LogP contribution in [-0.2, 0) is 9.53 Å². The van der Waals surface area contributed by atoms with Gasteiger partial charge in [-0.3, -0.25) is 4.79 Å². The number of aromatic carboxylic acids is 1. The Balaban J connectivity index is 3.03. The molecule has 1 rings (SSSR count). The molecule has 2 atom stereocenters. The lowest BCUT2D eigenvalue weighted by atomic mass is 9.94. The lowest BCUT2D eigenvalue weighted by Crippen LogP contribution is -2.23. The van der Waals surface area contributed by atoms with Crippen LogP contribution in [0.3, 0.4) is 0 Å². The molecule has 0 aliphatic rings. The van der Waals surface area contributed by atoms with Crippen molar-refractivity contribution in [2.45, 2.75) is 32.5 Å². The summed E-state index contributed by atoms with van der Waals surface area (Å²) < 4.78 is 4.42. The molecule has 20 heavy (non-hydrogen) atoms. The second-order valence-corrected chi connectivity index (χ2v) is 4.63. The highest BCUT2D eigenvalue weighted by Gasteiger charge is 2.23. The second kappa shape index (κ2) is 6.49. The topological polar surface area (TPSA) is 104 Å². The van der Waals surface area contributed by atoms with Gasteiger partial charge in [0, 0.05) is 0 Å². The maximum Gasteiger partial charge on any atom is 0.336 e. The van der Waals surface area contributed by atoms with Crippen molar-refractivity contribution in [1.29, 1.82) is 0 Å². The number of aliphatic hydroxyl groups is 2. The zero-order chi connectivity index (χ0) is 15.4. The zero-order valence-corrected chi connectivity index (χ0v) is 11.6. The summed E-state index contributed by atoms with van der Waals surface area (Å²) in [5, 5.41) is 28.8. The third kappa shape index (κ3) is 3.55. The molecule has 0 fully saturated rings. The Morgan fingerprint density at radius 3 is 2.10 bits per heavy atom. The van der Waals surface area contributed by atoms with Crippen LogP contribution in [0.5, 0.6) is 0 Å². The van der Waals surface area contributed by atoms with E-state index >= 15 is 0 Å². The lowest BCUT2D eigenvalue weighted by Gasteiger charge is -2.19. The van der Waals surface area contributed by atoms with Crippen molar-refractivity contribution in [3.63, 3.8) is 0 Å². The van der Waals surface area contributed by atoms with E-state index in [4.69, 9.17) is 5.11 Å². The summed E-state index contributed by atoms with van der Waals surface area (Å²) in [4.78, 5) is 22.1. The summed E-state index contributed by atoms with van der Waals surface area (Å²) in [5.41, 5.74) is 1.50. The summed E-state index contributed by atoms with van der Waals surface area (Å²) in [5.74, 6) is -1.68. The average Bonchev–Trinajstić information content (AvgIpc) is 2.36. The van der Waals surface area contributed by atoms with E-state index in [1.807, 2.05) is 0 Å². The largest absolute Gasteiger partial charge is 0.478 e. The summed E-state index contributed by atoms with van der Waals surface area (Å²) >= 11 is 0. The molecule has 110 valence electrons. The first-order valence-corrected chi connectivity index (χ1v) is 6.05. The molecule has 0 aromatic heterocycles. The van der Waals surface area contributed by atoms with Crippen LogP contribution in [0.25, 0.3) is 0 Å². The summed E-state index contributed by atoms with van der Waals surface area (Å²) in [6.45, 7) is 3.22. The highest BCUT2D eigenvalue weighted by atomic mass is 16.5. The van der Waals surface area contributed by atoms with Gasteiger partial charge in [0.25, 0.3) is 0 Å². The summed E-state index contributed by atoms with van der Waals surface area (Å²) in [7, 11) is 1.19. The Labute approximate surface area is 116 Å². The maximum atomic E-state index is 11.1. The van der Waals surface area contributed by atoms with Crippen LogP contribution in [0.2, 0.25) is 0 Å². The number of carboxylic acid groups (broad SMARTS) is 1. The smallest absolute Gasteiger partial charge is 0.336 e. The number of rotatable bonds is 5. The number of methoxy groups -OCH3 is 1. The zero-order valence-electron chi connectivity index (χ0n) is 11.6. The monoisotopic (exact) mass is 282 g/mol. The summed E-state index contributed by atoms with van der Waals surface area (Å²) in [6, 6.07) is 2.98. The molecule has 0 radical (unpaired) electrons. The lowest BCUT2D eigenvalue weighted by molar-refractivity contribution is -0.144. The number of benzene rings is 1. The van der Waals surface area contributed by atoms with Gasteiger partial charge in [-0.1, -0.05) is 12.1 Å². The van der Waals surface area contributed by atoms with E-state index in [0.717, 1.165) is 0 Å². The number of ether oxygens (including phenoxy) is 1. The molecule has 2 unspecified atom stereocenters. The molecule has 6 heteroatoms. The van der Waals surface area contributed by atoms with Gasteiger partial charge in [0.1, 0.15) is 6.10 Å². The molecule has 0 heterocycles. The normalized spacial score (nSPS) is 13.7. The van der Waals surface area contributed by atoms with Gasteiger partial charge in [-0.25, -0.2) is 4.79 Å². The number of carbonyl (C=O) groups excluding carboxylic acids is 1. The molecule has 0 saturated heterocycles. The number of carbonyl (C=O) groups is 2. The van der Waals surface area contributed by atoms with Crippen molar-refractivity contribution in [3.05, 3.63) is 34.4 Å². The first kappa shape index (κ1) is 16.1. The van der Waals surface area contributed by atoms with E-state index in [1.54, 1.807) is 13.8 Å². The van der Waals surface area contributed by atoms with E-state index in [2.05, 4.69) is 4.74 Å². The number of hydrogen-bond acceptors (Lipinski definition) is 5. The van der Waals surface area contributed by atoms with Crippen LogP contribution >= 0.6 is 0 Å². The van der Waals surface area contributed by atoms with Crippen molar-refractivity contribution in [2.75, 3.05) is 7.11 Å². The predicted molar refractivity (Wildman–Crippen MR) is 70.5 cm³/mol. The van der Waals surface area contributed by atoms with E-state index in [-0.39, 0.29) is 12.0 Å². The predicted octanol–water partition coefficient (Wildman–Crippen LogP) is 0.959. The van der Waals surface area contributed by atoms with Crippen LogP contribution in [0, 0.1) is 13.8 Å². The van der Waals surface area contributed by atoms with Gasteiger partial charge in [-0.2, -0.15) is 0 Å². The first-order chi connectivity index (χ1) is 9.27. The van der Waals surface area contributed by atoms with Crippen molar-refractivity contribution in [2.24, 2.45) is 0 Å². The number of aliphatic hydroxyl groups excluding tert-OH is 2. The third-order valence-corrected chi connectivity index (χ3v) is 3.08. The first-order valence-electron chi connectivity index (χ1n) is 6.05. The Morgan fingerprint density at radius 1 is 1.20 bits per heavy atom. The molecule has 1 aromatic rings. The fraction of sp³-hybridized carbons (Fsp3) is 0.429. The van der Waals surface area contributed by atoms with Gasteiger partial charge in [-0.05, 0) is 30.5 Å². The molecule has 0 spiro atoms. The van der Waals surface area contributed by atoms with E-state index in [0.29, 0.717) is 16.7 Å². The minimum atomic E-state index is -1.31. The highest BCUT2D eigenvalue weighted by molar-refractivity contribution is 5.91. The van der Waals surface area contributed by atoms with E-state index in [1.165, 1.54) is 19.2 Å². The molecule has 3 N–H and O–H groups in total. The third-order valence-electron chi connectivity index (χ3n) is 3.08. The van der Waals surface area contributed by atoms with Crippen molar-refractivity contribution >= 4 is 11.9 Å². The molecule has 0 bridgehead atoms. The molecule has 1 aromatic carbocycles. The SMILES string of the molecule is COC(=O)CC(O)C(O)c1cc(C)c(C(=O)O)c(C)c1. The Kier molecular flexibility index (Phi) is 5.24. The summed E-state index contributed by atoms with van der Waals surface area (Å²) in [6.07, 6.45) is -2.93. The molecule has 0 aliphatic carbocycles. The fourth-order valence-corrected chi connectivity index (χ4v) is 2.09. The van der Waals surface area contributed by atoms with E-state index < -0.39 is 24.1 Å². The van der Waals surface area contributed by atoms with Gasteiger partial charge in [-0.15, -0.1) is 0 Å². The van der Waals surface area contributed by atoms with Crippen LogP contribution in [-0.4, -0.2) is 40.5 Å². The molecule has 6 nitrogen and oxygen atoms in total. The maximum absolute atomic E-state index is 11.1. The highest BCUT2D eigenvalue weighted by Crippen LogP contribution is 2.24.